The highest BCUT2D eigenvalue weighted by Gasteiger charge is 2.77. The van der Waals surface area contributed by atoms with Crippen LogP contribution in [0.1, 0.15) is 0 Å². The van der Waals surface area contributed by atoms with Gasteiger partial charge in [-0.25, -0.2) is 0 Å². The highest BCUT2D eigenvalue weighted by Crippen LogP contribution is 2.54. The minimum atomic E-state index is -6.28. The van der Waals surface area contributed by atoms with Crippen LogP contribution in [0.4, 0.5) is 26.3 Å². The molecule has 0 heterocycles. The van der Waals surface area contributed by atoms with Crippen molar-refractivity contribution in [3.05, 3.63) is 0 Å². The number of hydrogen-bond donors (Lipinski definition) is 1. The Kier molecular flexibility index (Phi) is 3.57. The van der Waals surface area contributed by atoms with Gasteiger partial charge in [0.2, 0.25) is 0 Å². The molecule has 14 heavy (non-hydrogen) atoms. The van der Waals surface area contributed by atoms with Crippen molar-refractivity contribution in [2.75, 3.05) is 0 Å². The summed E-state index contributed by atoms with van der Waals surface area (Å²) in [6.45, 7) is 0. The lowest BCUT2D eigenvalue weighted by Crippen LogP contribution is -2.61. The van der Waals surface area contributed by atoms with Gasteiger partial charge in [-0.15, -0.1) is 0 Å². The van der Waals surface area contributed by atoms with Gasteiger partial charge in [-0.1, -0.05) is 34.8 Å². The Hall–Kier alpha value is 0.410. The van der Waals surface area contributed by atoms with Crippen molar-refractivity contribution in [2.45, 2.75) is 21.7 Å². The second-order valence-corrected chi connectivity index (χ2v) is 4.47. The van der Waals surface area contributed by atoms with E-state index in [1.54, 1.807) is 0 Å². The van der Waals surface area contributed by atoms with Crippen LogP contribution in [0.25, 0.3) is 0 Å². The van der Waals surface area contributed by atoms with Gasteiger partial charge in [0.15, 0.2) is 0 Å². The van der Waals surface area contributed by atoms with E-state index in [4.69, 9.17) is 5.11 Å². The molecule has 1 atom stereocenters. The fraction of sp³-hybridized carbons (Fsp3) is 1.00. The Morgan fingerprint density at radius 2 is 1.07 bits per heavy atom. The Bertz CT molecular complexity index is 194. The molecule has 0 saturated heterocycles. The molecule has 1 N–H and O–H groups in total. The van der Waals surface area contributed by atoms with E-state index in [-0.39, 0.29) is 0 Å². The summed E-state index contributed by atoms with van der Waals surface area (Å²) in [5.74, 6) is -11.5. The zero-order chi connectivity index (χ0) is 12.0. The van der Waals surface area contributed by atoms with E-state index in [0.29, 0.717) is 0 Å². The lowest BCUT2D eigenvalue weighted by Gasteiger charge is -2.33. The first-order valence-corrected chi connectivity index (χ1v) is 3.81. The molecule has 0 aliphatic heterocycles. The molecule has 0 bridgehead atoms. The predicted molar refractivity (Wildman–Crippen MR) is 37.3 cm³/mol. The minimum absolute atomic E-state index is 3.92. The molecular weight excluding hydrogens is 284 g/mol. The molecule has 0 aliphatic carbocycles. The predicted octanol–water partition coefficient (Wildman–Crippen LogP) is 3.21. The molecule has 0 spiro atoms. The van der Waals surface area contributed by atoms with Crippen molar-refractivity contribution in [3.8, 4) is 0 Å². The summed E-state index contributed by atoms with van der Waals surface area (Å²) in [4.78, 5) is 0. The average molecular weight is 285 g/mol. The largest absolute Gasteiger partial charge is 0.454 e. The van der Waals surface area contributed by atoms with Crippen LogP contribution >= 0.6 is 34.8 Å². The van der Waals surface area contributed by atoms with Gasteiger partial charge in [0, 0.05) is 0 Å². The van der Waals surface area contributed by atoms with Gasteiger partial charge in [-0.3, -0.25) is 0 Å². The van der Waals surface area contributed by atoms with Crippen molar-refractivity contribution < 1.29 is 31.4 Å². The highest BCUT2D eigenvalue weighted by molar-refractivity contribution is 6.68. The van der Waals surface area contributed by atoms with Crippen molar-refractivity contribution in [2.24, 2.45) is 0 Å². The summed E-state index contributed by atoms with van der Waals surface area (Å²) in [6.07, 6.45) is -6.28. The van der Waals surface area contributed by atoms with Gasteiger partial charge in [-0.2, -0.15) is 26.3 Å². The summed E-state index contributed by atoms with van der Waals surface area (Å²) in [5, 5.41) is 7.92. The number of aliphatic hydroxyl groups is 1. The third-order valence-electron chi connectivity index (χ3n) is 1.15. The van der Waals surface area contributed by atoms with E-state index in [0.717, 1.165) is 0 Å². The summed E-state index contributed by atoms with van der Waals surface area (Å²) in [6, 6.07) is 0. The Labute approximate surface area is 88.5 Å². The maximum absolute atomic E-state index is 12.5. The van der Waals surface area contributed by atoms with Gasteiger partial charge in [0.05, 0.1) is 0 Å². The molecule has 0 aromatic heterocycles. The van der Waals surface area contributed by atoms with Gasteiger partial charge < -0.3 is 5.11 Å². The number of halogens is 9. The van der Waals surface area contributed by atoms with Crippen LogP contribution < -0.4 is 0 Å². The van der Waals surface area contributed by atoms with E-state index in [9.17, 15) is 26.3 Å². The third kappa shape index (κ3) is 2.15. The molecule has 0 radical (unpaired) electrons. The molecule has 0 fully saturated rings. The summed E-state index contributed by atoms with van der Waals surface area (Å²) in [5.41, 5.74) is 0. The lowest BCUT2D eigenvalue weighted by atomic mass is 10.1. The zero-order valence-corrected chi connectivity index (χ0v) is 8.12. The van der Waals surface area contributed by atoms with Gasteiger partial charge in [0.25, 0.3) is 3.79 Å². The molecule has 86 valence electrons. The fourth-order valence-corrected chi connectivity index (χ4v) is 0.741. The van der Waals surface area contributed by atoms with E-state index in [1.807, 2.05) is 0 Å². The molecule has 0 rings (SSSR count). The molecular formula is C4HCl3F6O. The second-order valence-electron chi connectivity index (χ2n) is 2.19. The third-order valence-corrected chi connectivity index (χ3v) is 1.86. The summed E-state index contributed by atoms with van der Waals surface area (Å²) < 4.78 is 68.0. The molecule has 0 saturated carbocycles. The maximum atomic E-state index is 12.5. The van der Waals surface area contributed by atoms with E-state index < -0.39 is 21.7 Å². The second kappa shape index (κ2) is 3.47. The van der Waals surface area contributed by atoms with Gasteiger partial charge in [0.1, 0.15) is 0 Å². The maximum Gasteiger partial charge on any atom is 0.454 e. The first kappa shape index (κ1) is 14.4. The van der Waals surface area contributed by atoms with Gasteiger partial charge in [-0.05, 0) is 0 Å². The van der Waals surface area contributed by atoms with Crippen LogP contribution in [0.5, 0.6) is 0 Å². The van der Waals surface area contributed by atoms with Crippen LogP contribution in [0.2, 0.25) is 0 Å². The van der Waals surface area contributed by atoms with Crippen LogP contribution in [0, 0.1) is 0 Å². The normalized spacial score (nSPS) is 19.3. The highest BCUT2D eigenvalue weighted by atomic mass is 35.6. The Morgan fingerprint density at radius 3 is 1.14 bits per heavy atom. The Balaban J connectivity index is 5.30. The van der Waals surface area contributed by atoms with Crippen molar-refractivity contribution in [3.63, 3.8) is 0 Å². The van der Waals surface area contributed by atoms with Crippen LogP contribution in [-0.4, -0.2) is 26.9 Å². The molecule has 0 aromatic rings. The zero-order valence-electron chi connectivity index (χ0n) is 5.85. The molecule has 0 aliphatic rings. The molecule has 10 heteroatoms. The van der Waals surface area contributed by atoms with Crippen molar-refractivity contribution in [1.29, 1.82) is 0 Å². The standard InChI is InChI=1S/C4HCl3F6O/c5-3(6,7)1(8,9)2(10,14)4(11,12)13/h14H. The van der Waals surface area contributed by atoms with E-state index in [2.05, 4.69) is 34.8 Å². The molecule has 1 unspecified atom stereocenters. The van der Waals surface area contributed by atoms with Crippen LogP contribution in [0.15, 0.2) is 0 Å². The van der Waals surface area contributed by atoms with Crippen LogP contribution in [-0.2, 0) is 0 Å². The van der Waals surface area contributed by atoms with Crippen molar-refractivity contribution >= 4 is 34.8 Å². The quantitative estimate of drug-likeness (QED) is 0.579. The monoisotopic (exact) mass is 284 g/mol. The lowest BCUT2D eigenvalue weighted by molar-refractivity contribution is -0.384. The van der Waals surface area contributed by atoms with E-state index >= 15 is 0 Å². The summed E-state index contributed by atoms with van der Waals surface area (Å²) >= 11 is 13.2. The first-order valence-electron chi connectivity index (χ1n) is 2.67. The van der Waals surface area contributed by atoms with Crippen LogP contribution in [0.3, 0.4) is 0 Å². The number of alkyl halides is 9. The Morgan fingerprint density at radius 1 is 0.786 bits per heavy atom. The smallest absolute Gasteiger partial charge is 0.350 e. The molecule has 1 nitrogen and oxygen atoms in total. The molecule has 0 amide bonds. The minimum Gasteiger partial charge on any atom is -0.350 e. The average Bonchev–Trinajstić information content (AvgIpc) is 1.81. The van der Waals surface area contributed by atoms with Crippen molar-refractivity contribution in [1.82, 2.24) is 0 Å². The SMILES string of the molecule is OC(F)(C(F)(F)F)C(F)(F)C(Cl)(Cl)Cl. The first-order chi connectivity index (χ1) is 5.75. The number of rotatable bonds is 1. The number of hydrogen-bond acceptors (Lipinski definition) is 1. The topological polar surface area (TPSA) is 20.2 Å². The van der Waals surface area contributed by atoms with E-state index in [1.165, 1.54) is 0 Å². The molecule has 0 aromatic carbocycles. The fourth-order valence-electron chi connectivity index (χ4n) is 0.366. The van der Waals surface area contributed by atoms with Gasteiger partial charge >= 0.3 is 18.0 Å². The summed E-state index contributed by atoms with van der Waals surface area (Å²) in [7, 11) is 0.